The van der Waals surface area contributed by atoms with Gasteiger partial charge in [-0.25, -0.2) is 0 Å². The molecule has 0 heterocycles. The first-order valence-corrected chi connectivity index (χ1v) is 10.8. The van der Waals surface area contributed by atoms with Gasteiger partial charge in [0.25, 0.3) is 0 Å². The van der Waals surface area contributed by atoms with Crippen LogP contribution in [0.2, 0.25) is 0 Å². The van der Waals surface area contributed by atoms with Crippen LogP contribution in [0.3, 0.4) is 0 Å². The molecule has 20 heavy (non-hydrogen) atoms. The van der Waals surface area contributed by atoms with Crippen LogP contribution in [0.15, 0.2) is 0 Å². The first-order valence-electron chi connectivity index (χ1n) is 7.96. The smallest absolute Gasteiger partial charge is 0.107 e. The van der Waals surface area contributed by atoms with Gasteiger partial charge < -0.3 is 0 Å². The molecule has 0 amide bonds. The van der Waals surface area contributed by atoms with E-state index in [4.69, 9.17) is 0 Å². The number of hydrogen-bond donors (Lipinski definition) is 0. The maximum absolute atomic E-state index is 2.83. The Morgan fingerprint density at radius 1 is 0.550 bits per heavy atom. The van der Waals surface area contributed by atoms with E-state index < -0.39 is 37.5 Å². The molecule has 0 fully saturated rings. The van der Waals surface area contributed by atoms with Crippen molar-refractivity contribution in [3.8, 4) is 0 Å². The summed E-state index contributed by atoms with van der Waals surface area (Å²) < 4.78 is 5.67. The van der Waals surface area contributed by atoms with Gasteiger partial charge in [-0.1, -0.05) is 0 Å². The monoisotopic (exact) mass is 526 g/mol. The fourth-order valence-corrected chi connectivity index (χ4v) is 9.29. The Bertz CT molecular complexity index is 179. The summed E-state index contributed by atoms with van der Waals surface area (Å²) in [7, 11) is 0. The van der Waals surface area contributed by atoms with Gasteiger partial charge in [0.1, 0.15) is 0 Å². The molecule has 0 unspecified atom stereocenters. The minimum Gasteiger partial charge on any atom is -0.107 e. The summed E-state index contributed by atoms with van der Waals surface area (Å²) in [4.78, 5) is 0. The minimum atomic E-state index is -0.824. The van der Waals surface area contributed by atoms with Gasteiger partial charge >= 0.3 is 145 Å². The van der Waals surface area contributed by atoms with Crippen molar-refractivity contribution in [2.75, 3.05) is 26.2 Å². The van der Waals surface area contributed by atoms with E-state index in [1.165, 1.54) is 26.2 Å². The van der Waals surface area contributed by atoms with Gasteiger partial charge in [-0.15, -0.1) is 24.0 Å². The molecular formula is C16H37IN2Nd. The van der Waals surface area contributed by atoms with Gasteiger partial charge in [0.2, 0.25) is 0 Å². The van der Waals surface area contributed by atoms with Crippen molar-refractivity contribution in [1.82, 2.24) is 1.97 Å². The fraction of sp³-hybridized carbons (Fsp3) is 1.00. The first-order chi connectivity index (χ1) is 8.70. The Labute approximate surface area is 166 Å². The summed E-state index contributed by atoms with van der Waals surface area (Å²) in [5.41, 5.74) is 0. The third-order valence-electron chi connectivity index (χ3n) is 2.62. The summed E-state index contributed by atoms with van der Waals surface area (Å²) in [6, 6.07) is 0. The van der Waals surface area contributed by atoms with Crippen molar-refractivity contribution in [2.24, 2.45) is 23.7 Å². The molecule has 0 saturated carbocycles. The van der Waals surface area contributed by atoms with Crippen molar-refractivity contribution in [3.05, 3.63) is 0 Å². The summed E-state index contributed by atoms with van der Waals surface area (Å²) in [5.74, 6) is 3.19. The molecule has 0 aliphatic rings. The van der Waals surface area contributed by atoms with Gasteiger partial charge in [0.15, 0.2) is 0 Å². The molecule has 0 aromatic rings. The molecular weight excluding hydrogens is 491 g/mol. The Hall–Kier alpha value is 2.00. The van der Waals surface area contributed by atoms with Gasteiger partial charge in [-0.05, 0) is 0 Å². The standard InChI is InChI=1S/2C8H18N.HI.Nd/c2*1-7(2)5-9-6-8(3)4;;/h2*7-8H,5-6H2,1-4H3;1H;/q2*-1;;+2. The maximum Gasteiger partial charge on any atom is -0.107 e. The van der Waals surface area contributed by atoms with E-state index in [-0.39, 0.29) is 24.0 Å². The molecule has 0 aromatic heterocycles. The molecule has 0 rings (SSSR count). The first kappa shape index (κ1) is 24.3. The molecule has 4 heteroatoms. The Kier molecular flexibility index (Phi) is 16.3. The molecule has 0 spiro atoms. The second-order valence-corrected chi connectivity index (χ2v) is 12.2. The van der Waals surface area contributed by atoms with Crippen molar-refractivity contribution in [1.29, 1.82) is 0 Å². The van der Waals surface area contributed by atoms with E-state index in [0.29, 0.717) is 0 Å². The molecule has 0 aliphatic carbocycles. The maximum atomic E-state index is 2.83. The number of halogens is 1. The summed E-state index contributed by atoms with van der Waals surface area (Å²) in [5, 5.41) is 0. The molecule has 0 aliphatic heterocycles. The van der Waals surface area contributed by atoms with E-state index in [1.807, 2.05) is 0 Å². The fourth-order valence-electron chi connectivity index (χ4n) is 2.28. The molecule has 0 N–H and O–H groups in total. The molecule has 0 saturated heterocycles. The van der Waals surface area contributed by atoms with Crippen LogP contribution in [-0.4, -0.2) is 28.1 Å². The largest absolute Gasteiger partial charge is 0.107 e. The molecule has 0 aromatic carbocycles. The van der Waals surface area contributed by atoms with Crippen LogP contribution in [0.4, 0.5) is 0 Å². The van der Waals surface area contributed by atoms with Crippen LogP contribution in [0.1, 0.15) is 55.4 Å². The van der Waals surface area contributed by atoms with E-state index in [0.717, 1.165) is 23.7 Å². The average Bonchev–Trinajstić information content (AvgIpc) is 2.11. The average molecular weight is 529 g/mol. The quantitative estimate of drug-likeness (QED) is 0.378. The second kappa shape index (κ2) is 13.4. The Balaban J connectivity index is 0. The van der Waals surface area contributed by atoms with Crippen LogP contribution in [0.25, 0.3) is 0 Å². The normalized spacial score (nSPS) is 12.1. The van der Waals surface area contributed by atoms with E-state index in [1.54, 1.807) is 0 Å². The number of nitrogens with zero attached hydrogens (tertiary/aromatic N) is 2. The molecule has 0 radical (unpaired) electrons. The summed E-state index contributed by atoms with van der Waals surface area (Å²) >= 11 is -0.824. The molecule has 0 atom stereocenters. The second-order valence-electron chi connectivity index (χ2n) is 7.49. The van der Waals surface area contributed by atoms with Crippen LogP contribution in [0.5, 0.6) is 0 Å². The van der Waals surface area contributed by atoms with Gasteiger partial charge in [0, 0.05) is 0 Å². The van der Waals surface area contributed by atoms with Gasteiger partial charge in [-0.3, -0.25) is 0 Å². The zero-order valence-electron chi connectivity index (χ0n) is 14.9. The SMILES string of the molecule is CC(C)C[N](CC(C)C)[Nd][N](CC(C)C)CC(C)C.I. The van der Waals surface area contributed by atoms with Crippen molar-refractivity contribution in [3.63, 3.8) is 0 Å². The number of rotatable bonds is 10. The third kappa shape index (κ3) is 14.9. The van der Waals surface area contributed by atoms with Crippen molar-refractivity contribution < 1.29 is 37.5 Å². The van der Waals surface area contributed by atoms with Crippen molar-refractivity contribution in [2.45, 2.75) is 55.4 Å². The van der Waals surface area contributed by atoms with Crippen LogP contribution in [0, 0.1) is 61.2 Å². The van der Waals surface area contributed by atoms with E-state index in [2.05, 4.69) is 57.4 Å². The topological polar surface area (TPSA) is 6.48 Å². The molecule has 2 nitrogen and oxygen atoms in total. The van der Waals surface area contributed by atoms with Crippen LogP contribution in [-0.2, 0) is 0 Å². The molecule has 0 bridgehead atoms. The Morgan fingerprint density at radius 2 is 0.750 bits per heavy atom. The van der Waals surface area contributed by atoms with Crippen molar-refractivity contribution >= 4 is 24.0 Å². The zero-order valence-corrected chi connectivity index (χ0v) is 20.5. The minimum absolute atomic E-state index is 0. The predicted octanol–water partition coefficient (Wildman–Crippen LogP) is 4.75. The van der Waals surface area contributed by atoms with Gasteiger partial charge in [-0.2, -0.15) is 0 Å². The summed E-state index contributed by atoms with van der Waals surface area (Å²) in [6.07, 6.45) is 0. The number of hydrogen-bond acceptors (Lipinski definition) is 2. The van der Waals surface area contributed by atoms with E-state index >= 15 is 0 Å². The van der Waals surface area contributed by atoms with Crippen LogP contribution < -0.4 is 0 Å². The molecule has 122 valence electrons. The predicted molar refractivity (Wildman–Crippen MR) is 97.9 cm³/mol. The Morgan fingerprint density at radius 3 is 0.900 bits per heavy atom. The van der Waals surface area contributed by atoms with Crippen LogP contribution >= 0.6 is 24.0 Å². The summed E-state index contributed by atoms with van der Waals surface area (Å²) in [6.45, 7) is 24.0. The van der Waals surface area contributed by atoms with E-state index in [9.17, 15) is 0 Å². The van der Waals surface area contributed by atoms with Gasteiger partial charge in [0.05, 0.1) is 0 Å². The third-order valence-corrected chi connectivity index (χ3v) is 6.78. The zero-order chi connectivity index (χ0) is 15.0.